The van der Waals surface area contributed by atoms with Crippen molar-refractivity contribution in [2.24, 2.45) is 5.92 Å². The lowest BCUT2D eigenvalue weighted by molar-refractivity contribution is -0.148. The molecule has 16 heavy (non-hydrogen) atoms. The van der Waals surface area contributed by atoms with Crippen molar-refractivity contribution < 1.29 is 9.47 Å². The molecule has 1 fully saturated rings. The summed E-state index contributed by atoms with van der Waals surface area (Å²) >= 11 is 0. The lowest BCUT2D eigenvalue weighted by Gasteiger charge is -2.25. The van der Waals surface area contributed by atoms with Crippen LogP contribution in [0.1, 0.15) is 52.9 Å². The lowest BCUT2D eigenvalue weighted by atomic mass is 9.89. The fourth-order valence-corrected chi connectivity index (χ4v) is 2.23. The van der Waals surface area contributed by atoms with E-state index in [0.717, 1.165) is 26.1 Å². The molecule has 1 aliphatic rings. The molecule has 1 rings (SSSR count). The van der Waals surface area contributed by atoms with E-state index in [1.807, 2.05) is 0 Å². The summed E-state index contributed by atoms with van der Waals surface area (Å²) in [6.45, 7) is 12.0. The highest BCUT2D eigenvalue weighted by Gasteiger charge is 2.31. The second-order valence-corrected chi connectivity index (χ2v) is 5.05. The Balaban J connectivity index is 2.34. The van der Waals surface area contributed by atoms with E-state index >= 15 is 0 Å². The van der Waals surface area contributed by atoms with Gasteiger partial charge in [0.25, 0.3) is 0 Å². The van der Waals surface area contributed by atoms with Crippen molar-refractivity contribution in [3.8, 4) is 0 Å². The standard InChI is InChI=1S/C14H26O2/c1-5-6-7-13(12(2)3)8-9-14(4)15-10-11-16-14/h13H,2,5-11H2,1,3-4H3. The van der Waals surface area contributed by atoms with Crippen LogP contribution in [0.3, 0.4) is 0 Å². The van der Waals surface area contributed by atoms with Crippen molar-refractivity contribution >= 4 is 0 Å². The number of allylic oxidation sites excluding steroid dienone is 1. The first-order chi connectivity index (χ1) is 7.57. The van der Waals surface area contributed by atoms with Gasteiger partial charge in [-0.1, -0.05) is 31.9 Å². The Hall–Kier alpha value is -0.340. The molecule has 1 unspecified atom stereocenters. The molecular weight excluding hydrogens is 200 g/mol. The van der Waals surface area contributed by atoms with Crippen LogP contribution in [0.5, 0.6) is 0 Å². The summed E-state index contributed by atoms with van der Waals surface area (Å²) in [6.07, 6.45) is 5.91. The van der Waals surface area contributed by atoms with E-state index in [4.69, 9.17) is 9.47 Å². The number of ether oxygens (including phenoxy) is 2. The quantitative estimate of drug-likeness (QED) is 0.613. The Kier molecular flexibility index (Phi) is 5.50. The van der Waals surface area contributed by atoms with Gasteiger partial charge in [0.1, 0.15) is 0 Å². The molecule has 2 nitrogen and oxygen atoms in total. The van der Waals surface area contributed by atoms with Crippen molar-refractivity contribution in [1.82, 2.24) is 0 Å². The van der Waals surface area contributed by atoms with Gasteiger partial charge >= 0.3 is 0 Å². The summed E-state index contributed by atoms with van der Waals surface area (Å²) in [7, 11) is 0. The first-order valence-electron chi connectivity index (χ1n) is 6.50. The van der Waals surface area contributed by atoms with Crippen LogP contribution < -0.4 is 0 Å². The maximum Gasteiger partial charge on any atom is 0.165 e. The van der Waals surface area contributed by atoms with E-state index in [9.17, 15) is 0 Å². The predicted molar refractivity (Wildman–Crippen MR) is 67.4 cm³/mol. The predicted octanol–water partition coefficient (Wildman–Crippen LogP) is 3.91. The molecule has 1 heterocycles. The maximum atomic E-state index is 5.62. The van der Waals surface area contributed by atoms with Gasteiger partial charge in [-0.25, -0.2) is 0 Å². The molecule has 0 aromatic carbocycles. The molecule has 0 radical (unpaired) electrons. The Bertz CT molecular complexity index is 217. The van der Waals surface area contributed by atoms with Gasteiger partial charge in [-0.3, -0.25) is 0 Å². The molecule has 0 aliphatic carbocycles. The Morgan fingerprint density at radius 1 is 1.31 bits per heavy atom. The van der Waals surface area contributed by atoms with E-state index in [2.05, 4.69) is 27.4 Å². The first-order valence-corrected chi connectivity index (χ1v) is 6.50. The summed E-state index contributed by atoms with van der Waals surface area (Å²) in [5.74, 6) is 0.296. The summed E-state index contributed by atoms with van der Waals surface area (Å²) < 4.78 is 11.2. The molecule has 1 saturated heterocycles. The largest absolute Gasteiger partial charge is 0.348 e. The van der Waals surface area contributed by atoms with Crippen molar-refractivity contribution in [2.45, 2.75) is 58.7 Å². The first kappa shape index (κ1) is 13.7. The van der Waals surface area contributed by atoms with Gasteiger partial charge in [0.15, 0.2) is 5.79 Å². The summed E-state index contributed by atoms with van der Waals surface area (Å²) in [6, 6.07) is 0. The Morgan fingerprint density at radius 3 is 2.44 bits per heavy atom. The lowest BCUT2D eigenvalue weighted by Crippen LogP contribution is -2.26. The minimum Gasteiger partial charge on any atom is -0.348 e. The Morgan fingerprint density at radius 2 is 1.94 bits per heavy atom. The topological polar surface area (TPSA) is 18.5 Å². The molecule has 94 valence electrons. The molecule has 2 heteroatoms. The summed E-state index contributed by atoms with van der Waals surface area (Å²) in [4.78, 5) is 0. The van der Waals surface area contributed by atoms with E-state index in [-0.39, 0.29) is 5.79 Å². The van der Waals surface area contributed by atoms with E-state index < -0.39 is 0 Å². The highest BCUT2D eigenvalue weighted by molar-refractivity contribution is 4.96. The van der Waals surface area contributed by atoms with Gasteiger partial charge in [0.05, 0.1) is 13.2 Å². The van der Waals surface area contributed by atoms with Crippen LogP contribution in [-0.4, -0.2) is 19.0 Å². The maximum absolute atomic E-state index is 5.62. The van der Waals surface area contributed by atoms with Gasteiger partial charge in [-0.05, 0) is 32.6 Å². The fraction of sp³-hybridized carbons (Fsp3) is 0.857. The van der Waals surface area contributed by atoms with Crippen LogP contribution >= 0.6 is 0 Å². The van der Waals surface area contributed by atoms with Gasteiger partial charge in [-0.2, -0.15) is 0 Å². The van der Waals surface area contributed by atoms with Crippen molar-refractivity contribution in [3.63, 3.8) is 0 Å². The molecule has 1 aliphatic heterocycles. The molecule has 0 amide bonds. The SMILES string of the molecule is C=C(C)C(CCCC)CCC1(C)OCCO1. The van der Waals surface area contributed by atoms with Crippen LogP contribution in [0.25, 0.3) is 0 Å². The molecule has 0 spiro atoms. The molecular formula is C14H26O2. The monoisotopic (exact) mass is 226 g/mol. The summed E-state index contributed by atoms with van der Waals surface area (Å²) in [5.41, 5.74) is 1.30. The van der Waals surface area contributed by atoms with Crippen LogP contribution in [0, 0.1) is 5.92 Å². The van der Waals surface area contributed by atoms with Crippen LogP contribution in [-0.2, 0) is 9.47 Å². The van der Waals surface area contributed by atoms with E-state index in [1.54, 1.807) is 0 Å². The van der Waals surface area contributed by atoms with Gasteiger partial charge in [0, 0.05) is 6.42 Å². The van der Waals surface area contributed by atoms with Gasteiger partial charge in [0.2, 0.25) is 0 Å². The second-order valence-electron chi connectivity index (χ2n) is 5.05. The van der Waals surface area contributed by atoms with Crippen molar-refractivity contribution in [3.05, 3.63) is 12.2 Å². The molecule has 1 atom stereocenters. The third-order valence-corrected chi connectivity index (χ3v) is 3.45. The van der Waals surface area contributed by atoms with Gasteiger partial charge in [-0.15, -0.1) is 0 Å². The molecule has 0 aromatic heterocycles. The van der Waals surface area contributed by atoms with Crippen LogP contribution in [0.15, 0.2) is 12.2 Å². The average molecular weight is 226 g/mol. The highest BCUT2D eigenvalue weighted by atomic mass is 16.7. The van der Waals surface area contributed by atoms with Gasteiger partial charge < -0.3 is 9.47 Å². The second kappa shape index (κ2) is 6.41. The summed E-state index contributed by atoms with van der Waals surface area (Å²) in [5, 5.41) is 0. The zero-order valence-electron chi connectivity index (χ0n) is 11.1. The Labute approximate surface area is 100 Å². The highest BCUT2D eigenvalue weighted by Crippen LogP contribution is 2.30. The normalized spacial score (nSPS) is 20.9. The smallest absolute Gasteiger partial charge is 0.165 e. The molecule has 0 saturated carbocycles. The number of unbranched alkanes of at least 4 members (excludes halogenated alkanes) is 1. The number of hydrogen-bond donors (Lipinski definition) is 0. The number of hydrogen-bond acceptors (Lipinski definition) is 2. The third kappa shape index (κ3) is 4.26. The van der Waals surface area contributed by atoms with Crippen LogP contribution in [0.4, 0.5) is 0 Å². The molecule has 0 aromatic rings. The minimum absolute atomic E-state index is 0.333. The van der Waals surface area contributed by atoms with E-state index in [1.165, 1.54) is 24.8 Å². The average Bonchev–Trinajstić information content (AvgIpc) is 2.65. The molecule has 0 bridgehead atoms. The zero-order valence-corrected chi connectivity index (χ0v) is 11.1. The fourth-order valence-electron chi connectivity index (χ4n) is 2.23. The van der Waals surface area contributed by atoms with Crippen molar-refractivity contribution in [1.29, 1.82) is 0 Å². The van der Waals surface area contributed by atoms with Crippen molar-refractivity contribution in [2.75, 3.05) is 13.2 Å². The molecule has 0 N–H and O–H groups in total. The number of rotatable bonds is 7. The van der Waals surface area contributed by atoms with E-state index in [0.29, 0.717) is 5.92 Å². The third-order valence-electron chi connectivity index (χ3n) is 3.45. The zero-order chi connectivity index (χ0) is 12.0. The van der Waals surface area contributed by atoms with Crippen LogP contribution in [0.2, 0.25) is 0 Å². The minimum atomic E-state index is -0.333.